The SMILES string of the molecule is CCC/C=C/C/C=C/CCCCCCCc1cc(O)c(C)c(O)c1. The third-order valence-electron chi connectivity index (χ3n) is 4.31. The molecule has 0 bridgehead atoms. The van der Waals surface area contributed by atoms with Crippen LogP contribution in [0.15, 0.2) is 36.4 Å². The molecule has 0 atom stereocenters. The molecular formula is C22H34O2. The summed E-state index contributed by atoms with van der Waals surface area (Å²) in [6, 6.07) is 3.55. The second-order valence-corrected chi connectivity index (χ2v) is 6.53. The fourth-order valence-electron chi connectivity index (χ4n) is 2.68. The van der Waals surface area contributed by atoms with Crippen LogP contribution >= 0.6 is 0 Å². The van der Waals surface area contributed by atoms with Crippen LogP contribution in [-0.4, -0.2) is 10.2 Å². The molecule has 2 nitrogen and oxygen atoms in total. The molecule has 1 aromatic carbocycles. The van der Waals surface area contributed by atoms with Crippen LogP contribution in [0.2, 0.25) is 0 Å². The number of hydrogen-bond donors (Lipinski definition) is 2. The molecule has 1 rings (SSSR count). The first-order chi connectivity index (χ1) is 11.6. The summed E-state index contributed by atoms with van der Waals surface area (Å²) in [4.78, 5) is 0. The molecule has 0 aliphatic carbocycles. The van der Waals surface area contributed by atoms with Crippen molar-refractivity contribution in [2.75, 3.05) is 0 Å². The van der Waals surface area contributed by atoms with Crippen molar-refractivity contribution in [3.05, 3.63) is 47.6 Å². The standard InChI is InChI=1S/C22H34O2/c1-3-4-5-6-7-8-9-10-11-12-13-14-15-16-20-17-21(23)19(2)22(24)18-20/h5-6,8-9,17-18,23-24H,3-4,7,10-16H2,1-2H3/b6-5+,9-8+. The lowest BCUT2D eigenvalue weighted by Crippen LogP contribution is -1.88. The van der Waals surface area contributed by atoms with E-state index in [2.05, 4.69) is 31.2 Å². The van der Waals surface area contributed by atoms with E-state index in [0.717, 1.165) is 24.8 Å². The normalized spacial score (nSPS) is 11.8. The van der Waals surface area contributed by atoms with E-state index in [1.807, 2.05) is 0 Å². The van der Waals surface area contributed by atoms with E-state index in [-0.39, 0.29) is 11.5 Å². The Morgan fingerprint density at radius 2 is 1.38 bits per heavy atom. The van der Waals surface area contributed by atoms with E-state index in [9.17, 15) is 10.2 Å². The fraction of sp³-hybridized carbons (Fsp3) is 0.545. The molecule has 0 fully saturated rings. The van der Waals surface area contributed by atoms with Gasteiger partial charge in [0.2, 0.25) is 0 Å². The van der Waals surface area contributed by atoms with Gasteiger partial charge in [0.25, 0.3) is 0 Å². The van der Waals surface area contributed by atoms with Crippen molar-refractivity contribution in [1.82, 2.24) is 0 Å². The predicted octanol–water partition coefficient (Wildman–Crippen LogP) is 6.59. The highest BCUT2D eigenvalue weighted by Gasteiger charge is 2.04. The third-order valence-corrected chi connectivity index (χ3v) is 4.31. The molecule has 0 amide bonds. The summed E-state index contributed by atoms with van der Waals surface area (Å²) in [6.45, 7) is 3.93. The Morgan fingerprint density at radius 1 is 0.792 bits per heavy atom. The van der Waals surface area contributed by atoms with E-state index in [4.69, 9.17) is 0 Å². The quantitative estimate of drug-likeness (QED) is 0.335. The summed E-state index contributed by atoms with van der Waals surface area (Å²) in [5.41, 5.74) is 1.59. The maximum atomic E-state index is 9.71. The minimum absolute atomic E-state index is 0.196. The molecule has 134 valence electrons. The van der Waals surface area contributed by atoms with Gasteiger partial charge in [0, 0.05) is 5.56 Å². The lowest BCUT2D eigenvalue weighted by molar-refractivity contribution is 0.441. The smallest absolute Gasteiger partial charge is 0.122 e. The van der Waals surface area contributed by atoms with Crippen LogP contribution in [-0.2, 0) is 6.42 Å². The number of phenolic OH excluding ortho intramolecular Hbond substituents is 2. The van der Waals surface area contributed by atoms with Gasteiger partial charge < -0.3 is 10.2 Å². The maximum Gasteiger partial charge on any atom is 0.122 e. The molecular weight excluding hydrogens is 296 g/mol. The van der Waals surface area contributed by atoms with Crippen LogP contribution in [0.5, 0.6) is 11.5 Å². The van der Waals surface area contributed by atoms with Gasteiger partial charge in [0.05, 0.1) is 0 Å². The summed E-state index contributed by atoms with van der Waals surface area (Å²) in [6.07, 6.45) is 20.8. The highest BCUT2D eigenvalue weighted by atomic mass is 16.3. The van der Waals surface area contributed by atoms with Crippen molar-refractivity contribution in [1.29, 1.82) is 0 Å². The minimum Gasteiger partial charge on any atom is -0.508 e. The van der Waals surface area contributed by atoms with E-state index >= 15 is 0 Å². The molecule has 2 heteroatoms. The highest BCUT2D eigenvalue weighted by molar-refractivity contribution is 5.45. The zero-order valence-corrected chi connectivity index (χ0v) is 15.4. The molecule has 0 saturated heterocycles. The van der Waals surface area contributed by atoms with Crippen LogP contribution in [0.1, 0.15) is 75.8 Å². The summed E-state index contributed by atoms with van der Waals surface area (Å²) in [7, 11) is 0. The number of aryl methyl sites for hydroxylation is 1. The lowest BCUT2D eigenvalue weighted by atomic mass is 10.0. The van der Waals surface area contributed by atoms with Crippen LogP contribution in [0.4, 0.5) is 0 Å². The monoisotopic (exact) mass is 330 g/mol. The van der Waals surface area contributed by atoms with Crippen LogP contribution in [0.3, 0.4) is 0 Å². The van der Waals surface area contributed by atoms with Gasteiger partial charge in [0.15, 0.2) is 0 Å². The van der Waals surface area contributed by atoms with Gasteiger partial charge in [-0.2, -0.15) is 0 Å². The van der Waals surface area contributed by atoms with Crippen molar-refractivity contribution >= 4 is 0 Å². The molecule has 0 radical (unpaired) electrons. The molecule has 0 unspecified atom stereocenters. The Hall–Kier alpha value is -1.70. The number of benzene rings is 1. The van der Waals surface area contributed by atoms with Gasteiger partial charge in [-0.25, -0.2) is 0 Å². The van der Waals surface area contributed by atoms with Crippen molar-refractivity contribution in [2.24, 2.45) is 0 Å². The first kappa shape index (κ1) is 20.3. The van der Waals surface area contributed by atoms with Crippen LogP contribution in [0.25, 0.3) is 0 Å². The number of aromatic hydroxyl groups is 2. The zero-order valence-electron chi connectivity index (χ0n) is 15.4. The predicted molar refractivity (Wildman–Crippen MR) is 104 cm³/mol. The topological polar surface area (TPSA) is 40.5 Å². The summed E-state index contributed by atoms with van der Waals surface area (Å²) < 4.78 is 0. The van der Waals surface area contributed by atoms with Gasteiger partial charge in [-0.15, -0.1) is 0 Å². The molecule has 0 saturated carbocycles. The summed E-state index contributed by atoms with van der Waals surface area (Å²) >= 11 is 0. The van der Waals surface area contributed by atoms with E-state index in [0.29, 0.717) is 5.56 Å². The minimum atomic E-state index is 0.196. The van der Waals surface area contributed by atoms with Crippen molar-refractivity contribution < 1.29 is 10.2 Å². The molecule has 24 heavy (non-hydrogen) atoms. The Balaban J connectivity index is 2.02. The largest absolute Gasteiger partial charge is 0.508 e. The average Bonchev–Trinajstić information content (AvgIpc) is 2.56. The van der Waals surface area contributed by atoms with Gasteiger partial charge in [-0.3, -0.25) is 0 Å². The molecule has 0 aromatic heterocycles. The third kappa shape index (κ3) is 8.81. The number of allylic oxidation sites excluding steroid dienone is 4. The first-order valence-corrected chi connectivity index (χ1v) is 9.46. The Morgan fingerprint density at radius 3 is 2.04 bits per heavy atom. The van der Waals surface area contributed by atoms with Gasteiger partial charge >= 0.3 is 0 Å². The van der Waals surface area contributed by atoms with Crippen LogP contribution in [0, 0.1) is 6.92 Å². The average molecular weight is 331 g/mol. The summed E-state index contributed by atoms with van der Waals surface area (Å²) in [5.74, 6) is 0.391. The molecule has 1 aromatic rings. The second-order valence-electron chi connectivity index (χ2n) is 6.53. The second kappa shape index (κ2) is 12.7. The molecule has 0 heterocycles. The van der Waals surface area contributed by atoms with E-state index in [1.54, 1.807) is 19.1 Å². The fourth-order valence-corrected chi connectivity index (χ4v) is 2.68. The number of rotatable bonds is 12. The number of hydrogen-bond acceptors (Lipinski definition) is 2. The van der Waals surface area contributed by atoms with Crippen molar-refractivity contribution in [3.63, 3.8) is 0 Å². The van der Waals surface area contributed by atoms with Crippen molar-refractivity contribution in [2.45, 2.75) is 78.1 Å². The zero-order chi connectivity index (χ0) is 17.6. The number of unbranched alkanes of at least 4 members (excludes halogenated alkanes) is 6. The van der Waals surface area contributed by atoms with Gasteiger partial charge in [0.1, 0.15) is 11.5 Å². The highest BCUT2D eigenvalue weighted by Crippen LogP contribution is 2.28. The number of phenols is 2. The molecule has 0 aliphatic rings. The maximum absolute atomic E-state index is 9.71. The Labute approximate surface area is 147 Å². The molecule has 2 N–H and O–H groups in total. The van der Waals surface area contributed by atoms with E-state index < -0.39 is 0 Å². The Kier molecular flexibility index (Phi) is 10.8. The van der Waals surface area contributed by atoms with Crippen LogP contribution < -0.4 is 0 Å². The first-order valence-electron chi connectivity index (χ1n) is 9.46. The van der Waals surface area contributed by atoms with Gasteiger partial charge in [-0.05, 0) is 63.1 Å². The summed E-state index contributed by atoms with van der Waals surface area (Å²) in [5, 5.41) is 19.4. The molecule has 0 aliphatic heterocycles. The van der Waals surface area contributed by atoms with E-state index in [1.165, 1.54) is 44.9 Å². The van der Waals surface area contributed by atoms with Crippen molar-refractivity contribution in [3.8, 4) is 11.5 Å². The Bertz CT molecular complexity index is 492. The van der Waals surface area contributed by atoms with Gasteiger partial charge in [-0.1, -0.05) is 56.9 Å². The molecule has 0 spiro atoms. The lowest BCUT2D eigenvalue weighted by Gasteiger charge is -2.07.